The van der Waals surface area contributed by atoms with Crippen LogP contribution in [0.5, 0.6) is 0 Å². The zero-order valence-corrected chi connectivity index (χ0v) is 11.4. The van der Waals surface area contributed by atoms with Crippen molar-refractivity contribution >= 4 is 8.07 Å². The Morgan fingerprint density at radius 3 is 2.81 bits per heavy atom. The van der Waals surface area contributed by atoms with Crippen LogP contribution in [0.1, 0.15) is 5.69 Å². The highest BCUT2D eigenvalue weighted by Crippen LogP contribution is 2.09. The molecule has 0 fully saturated rings. The Bertz CT molecular complexity index is 360. The van der Waals surface area contributed by atoms with Gasteiger partial charge in [-0.1, -0.05) is 19.6 Å². The van der Waals surface area contributed by atoms with Crippen molar-refractivity contribution in [2.75, 3.05) is 6.61 Å². The molecule has 0 unspecified atom stereocenters. The van der Waals surface area contributed by atoms with Crippen molar-refractivity contribution in [1.29, 1.82) is 5.26 Å². The average molecular weight is 236 g/mol. The molecule has 0 N–H and O–H groups in total. The minimum absolute atomic E-state index is 0.449. The van der Waals surface area contributed by atoms with Crippen molar-refractivity contribution in [2.24, 2.45) is 0 Å². The van der Waals surface area contributed by atoms with Crippen molar-refractivity contribution < 1.29 is 4.74 Å². The largest absolute Gasteiger partial charge is 0.361 e. The van der Waals surface area contributed by atoms with Crippen LogP contribution in [0.4, 0.5) is 0 Å². The minimum atomic E-state index is -0.995. The number of hydrogen-bond donors (Lipinski definition) is 0. The molecule has 0 saturated heterocycles. The van der Waals surface area contributed by atoms with Crippen LogP contribution in [-0.2, 0) is 17.9 Å². The lowest BCUT2D eigenvalue weighted by molar-refractivity contribution is 0.0859. The van der Waals surface area contributed by atoms with Crippen molar-refractivity contribution in [2.45, 2.75) is 38.8 Å². The number of nitrogens with zero attached hydrogens (tertiary/aromatic N) is 2. The second-order valence-electron chi connectivity index (χ2n) is 5.15. The van der Waals surface area contributed by atoms with Gasteiger partial charge in [0.05, 0.1) is 12.5 Å². The normalized spacial score (nSPS) is 11.4. The third kappa shape index (κ3) is 4.64. The summed E-state index contributed by atoms with van der Waals surface area (Å²) in [5.74, 6) is 0. The van der Waals surface area contributed by atoms with Gasteiger partial charge in [0.15, 0.2) is 0 Å². The molecule has 0 spiro atoms. The van der Waals surface area contributed by atoms with E-state index < -0.39 is 8.07 Å². The van der Waals surface area contributed by atoms with Gasteiger partial charge in [-0.3, -0.25) is 0 Å². The summed E-state index contributed by atoms with van der Waals surface area (Å²) in [4.78, 5) is 0. The van der Waals surface area contributed by atoms with Crippen molar-refractivity contribution in [1.82, 2.24) is 4.57 Å². The summed E-state index contributed by atoms with van der Waals surface area (Å²) >= 11 is 0. The standard InChI is InChI=1S/C12H20N2OSi/c1-16(2,3)10-9-15-11-14-8-4-5-12(14)6-7-13/h4-5,8H,6,9-11H2,1-3H3. The Kier molecular flexibility index (Phi) is 4.78. The quantitative estimate of drug-likeness (QED) is 0.562. The molecule has 16 heavy (non-hydrogen) atoms. The third-order valence-corrected chi connectivity index (χ3v) is 4.11. The molecule has 1 aromatic rings. The topological polar surface area (TPSA) is 38.0 Å². The number of rotatable bonds is 6. The van der Waals surface area contributed by atoms with Gasteiger partial charge in [0.2, 0.25) is 0 Å². The molecule has 0 radical (unpaired) electrons. The van der Waals surface area contributed by atoms with Gasteiger partial charge in [0.25, 0.3) is 0 Å². The Hall–Kier alpha value is -1.05. The number of aromatic nitrogens is 1. The zero-order chi connectivity index (χ0) is 12.0. The molecule has 0 aliphatic heterocycles. The second-order valence-corrected chi connectivity index (χ2v) is 10.8. The van der Waals surface area contributed by atoms with Crippen LogP contribution in [0, 0.1) is 11.3 Å². The lowest BCUT2D eigenvalue weighted by atomic mass is 10.3. The van der Waals surface area contributed by atoms with E-state index in [9.17, 15) is 0 Å². The van der Waals surface area contributed by atoms with Crippen molar-refractivity contribution in [3.8, 4) is 6.07 Å². The molecule has 0 atom stereocenters. The number of hydrogen-bond acceptors (Lipinski definition) is 2. The molecular formula is C12H20N2OSi. The molecule has 1 rings (SSSR count). The van der Waals surface area contributed by atoms with E-state index in [4.69, 9.17) is 10.00 Å². The first-order chi connectivity index (χ1) is 7.53. The van der Waals surface area contributed by atoms with E-state index in [0.29, 0.717) is 13.2 Å². The highest BCUT2D eigenvalue weighted by atomic mass is 28.3. The lowest BCUT2D eigenvalue weighted by Crippen LogP contribution is -2.22. The molecule has 3 nitrogen and oxygen atoms in total. The van der Waals surface area contributed by atoms with Crippen LogP contribution in [-0.4, -0.2) is 19.2 Å². The fraction of sp³-hybridized carbons (Fsp3) is 0.583. The first-order valence-corrected chi connectivity index (χ1v) is 9.32. The predicted octanol–water partition coefficient (Wildman–Crippen LogP) is 2.87. The summed E-state index contributed by atoms with van der Waals surface area (Å²) in [5.41, 5.74) is 1.02. The molecule has 4 heteroatoms. The summed E-state index contributed by atoms with van der Waals surface area (Å²) in [5, 5.41) is 8.64. The van der Waals surface area contributed by atoms with Crippen LogP contribution in [0.2, 0.25) is 25.7 Å². The van der Waals surface area contributed by atoms with E-state index in [-0.39, 0.29) is 0 Å². The molecule has 0 aliphatic carbocycles. The Balaban J connectivity index is 2.32. The first-order valence-electron chi connectivity index (χ1n) is 5.61. The maximum absolute atomic E-state index is 8.64. The van der Waals surface area contributed by atoms with Crippen LogP contribution in [0.3, 0.4) is 0 Å². The Morgan fingerprint density at radius 1 is 1.44 bits per heavy atom. The average Bonchev–Trinajstić information content (AvgIpc) is 2.60. The first kappa shape index (κ1) is 13.0. The lowest BCUT2D eigenvalue weighted by Gasteiger charge is -2.16. The smallest absolute Gasteiger partial charge is 0.122 e. The van der Waals surface area contributed by atoms with Crippen LogP contribution < -0.4 is 0 Å². The fourth-order valence-corrected chi connectivity index (χ4v) is 2.11. The van der Waals surface area contributed by atoms with E-state index in [1.807, 2.05) is 22.9 Å². The highest BCUT2D eigenvalue weighted by Gasteiger charge is 2.12. The second kappa shape index (κ2) is 5.88. The molecule has 1 aromatic heterocycles. The van der Waals surface area contributed by atoms with Crippen LogP contribution in [0.15, 0.2) is 18.3 Å². The summed E-state index contributed by atoms with van der Waals surface area (Å²) in [6.45, 7) is 8.40. The highest BCUT2D eigenvalue weighted by molar-refractivity contribution is 6.76. The van der Waals surface area contributed by atoms with Gasteiger partial charge in [-0.05, 0) is 18.2 Å². The van der Waals surface area contributed by atoms with Gasteiger partial charge >= 0.3 is 0 Å². The number of ether oxygens (including phenoxy) is 1. The van der Waals surface area contributed by atoms with Gasteiger partial charge in [-0.15, -0.1) is 0 Å². The summed E-state index contributed by atoms with van der Waals surface area (Å²) < 4.78 is 7.62. The van der Waals surface area contributed by atoms with Gasteiger partial charge in [-0.25, -0.2) is 0 Å². The summed E-state index contributed by atoms with van der Waals surface area (Å²) in [7, 11) is -0.995. The molecule has 0 bridgehead atoms. The minimum Gasteiger partial charge on any atom is -0.361 e. The Morgan fingerprint density at radius 2 is 2.19 bits per heavy atom. The van der Waals surface area contributed by atoms with Crippen LogP contribution in [0.25, 0.3) is 0 Å². The molecule has 0 amide bonds. The van der Waals surface area contributed by atoms with Gasteiger partial charge < -0.3 is 9.30 Å². The van der Waals surface area contributed by atoms with Gasteiger partial charge in [0, 0.05) is 26.6 Å². The molecule has 0 saturated carbocycles. The fourth-order valence-electron chi connectivity index (χ4n) is 1.36. The van der Waals surface area contributed by atoms with E-state index in [1.54, 1.807) is 0 Å². The maximum atomic E-state index is 8.64. The van der Waals surface area contributed by atoms with Gasteiger partial charge in [-0.2, -0.15) is 5.26 Å². The van der Waals surface area contributed by atoms with E-state index in [1.165, 1.54) is 6.04 Å². The third-order valence-electron chi connectivity index (χ3n) is 2.41. The molecule has 0 aromatic carbocycles. The van der Waals surface area contributed by atoms with Crippen molar-refractivity contribution in [3.63, 3.8) is 0 Å². The number of nitriles is 1. The van der Waals surface area contributed by atoms with E-state index >= 15 is 0 Å². The molecular weight excluding hydrogens is 216 g/mol. The Labute approximate surface area is 98.7 Å². The van der Waals surface area contributed by atoms with Crippen molar-refractivity contribution in [3.05, 3.63) is 24.0 Å². The molecule has 1 heterocycles. The van der Waals surface area contributed by atoms with Gasteiger partial charge in [0.1, 0.15) is 6.73 Å². The molecule has 88 valence electrons. The zero-order valence-electron chi connectivity index (χ0n) is 10.4. The summed E-state index contributed by atoms with van der Waals surface area (Å²) in [6, 6.07) is 7.25. The van der Waals surface area contributed by atoms with E-state index in [2.05, 4.69) is 25.7 Å². The SMILES string of the molecule is C[Si](C)(C)CCOCn1cccc1CC#N. The monoisotopic (exact) mass is 236 g/mol. The summed E-state index contributed by atoms with van der Waals surface area (Å²) in [6.07, 6.45) is 2.41. The maximum Gasteiger partial charge on any atom is 0.122 e. The van der Waals surface area contributed by atoms with Crippen LogP contribution >= 0.6 is 0 Å². The predicted molar refractivity (Wildman–Crippen MR) is 67.9 cm³/mol. The molecule has 0 aliphatic rings. The van der Waals surface area contributed by atoms with E-state index in [0.717, 1.165) is 12.3 Å².